The summed E-state index contributed by atoms with van der Waals surface area (Å²) in [5.41, 5.74) is 2.55. The van der Waals surface area contributed by atoms with Crippen LogP contribution in [-0.2, 0) is 6.54 Å². The number of hydrogen-bond donors (Lipinski definition) is 1. The fourth-order valence-corrected chi connectivity index (χ4v) is 2.88. The van der Waals surface area contributed by atoms with E-state index in [0.29, 0.717) is 11.8 Å². The highest BCUT2D eigenvalue weighted by atomic mass is 16.3. The van der Waals surface area contributed by atoms with Crippen LogP contribution in [0.15, 0.2) is 66.7 Å². The Kier molecular flexibility index (Phi) is 4.12. The second-order valence-electron chi connectivity index (χ2n) is 5.83. The number of benzene rings is 3. The molecule has 0 aliphatic carbocycles. The van der Waals surface area contributed by atoms with Crippen molar-refractivity contribution in [1.82, 2.24) is 4.90 Å². The molecular weight excluding hydrogens is 270 g/mol. The third-order valence-corrected chi connectivity index (χ3v) is 4.30. The van der Waals surface area contributed by atoms with Gasteiger partial charge in [0.2, 0.25) is 0 Å². The van der Waals surface area contributed by atoms with E-state index in [1.54, 1.807) is 12.1 Å². The highest BCUT2D eigenvalue weighted by Crippen LogP contribution is 2.28. The van der Waals surface area contributed by atoms with E-state index >= 15 is 0 Å². The molecule has 3 rings (SSSR count). The first-order valence-corrected chi connectivity index (χ1v) is 7.61. The van der Waals surface area contributed by atoms with Gasteiger partial charge in [0.05, 0.1) is 0 Å². The van der Waals surface area contributed by atoms with Gasteiger partial charge < -0.3 is 5.11 Å². The molecule has 0 aliphatic heterocycles. The minimum absolute atomic E-state index is 0.313. The summed E-state index contributed by atoms with van der Waals surface area (Å²) in [6.45, 7) is 3.09. The number of aromatic hydroxyl groups is 1. The molecule has 3 aromatic rings. The average Bonchev–Trinajstić information content (AvgIpc) is 2.55. The summed E-state index contributed by atoms with van der Waals surface area (Å²) in [5.74, 6) is 0.313. The van der Waals surface area contributed by atoms with E-state index in [2.05, 4.69) is 61.3 Å². The predicted octanol–water partition coefficient (Wildman–Crippen LogP) is 4.74. The van der Waals surface area contributed by atoms with Crippen LogP contribution >= 0.6 is 0 Å². The van der Waals surface area contributed by atoms with Crippen molar-refractivity contribution in [3.05, 3.63) is 77.9 Å². The van der Waals surface area contributed by atoms with Gasteiger partial charge in [0.1, 0.15) is 5.75 Å². The SMILES string of the molecule is C[C@@H](c1cccc2ccccc12)N(C)Cc1ccc(O)cc1. The third kappa shape index (κ3) is 2.97. The van der Waals surface area contributed by atoms with Crippen molar-refractivity contribution in [2.45, 2.75) is 19.5 Å². The summed E-state index contributed by atoms with van der Waals surface area (Å²) >= 11 is 0. The molecule has 0 fully saturated rings. The van der Waals surface area contributed by atoms with Gasteiger partial charge in [-0.1, -0.05) is 54.6 Å². The van der Waals surface area contributed by atoms with Crippen LogP contribution in [-0.4, -0.2) is 17.1 Å². The lowest BCUT2D eigenvalue weighted by Gasteiger charge is -2.26. The maximum atomic E-state index is 9.38. The Morgan fingerprint density at radius 1 is 0.909 bits per heavy atom. The number of phenols is 1. The average molecular weight is 291 g/mol. The van der Waals surface area contributed by atoms with Crippen LogP contribution < -0.4 is 0 Å². The maximum absolute atomic E-state index is 9.38. The van der Waals surface area contributed by atoms with Crippen LogP contribution in [0.5, 0.6) is 5.75 Å². The smallest absolute Gasteiger partial charge is 0.115 e. The molecule has 3 aromatic carbocycles. The van der Waals surface area contributed by atoms with Crippen molar-refractivity contribution in [2.24, 2.45) is 0 Å². The monoisotopic (exact) mass is 291 g/mol. The molecule has 1 atom stereocenters. The highest BCUT2D eigenvalue weighted by Gasteiger charge is 2.14. The highest BCUT2D eigenvalue weighted by molar-refractivity contribution is 5.86. The van der Waals surface area contributed by atoms with Crippen LogP contribution in [0, 0.1) is 0 Å². The molecule has 0 heterocycles. The molecule has 2 heteroatoms. The van der Waals surface area contributed by atoms with Gasteiger partial charge in [0, 0.05) is 12.6 Å². The fraction of sp³-hybridized carbons (Fsp3) is 0.200. The quantitative estimate of drug-likeness (QED) is 0.750. The van der Waals surface area contributed by atoms with Gasteiger partial charge in [0.25, 0.3) is 0 Å². The maximum Gasteiger partial charge on any atom is 0.115 e. The largest absolute Gasteiger partial charge is 0.508 e. The molecule has 0 saturated carbocycles. The van der Waals surface area contributed by atoms with Gasteiger partial charge in [-0.3, -0.25) is 4.90 Å². The van der Waals surface area contributed by atoms with Crippen molar-refractivity contribution in [3.8, 4) is 5.75 Å². The zero-order chi connectivity index (χ0) is 15.5. The lowest BCUT2D eigenvalue weighted by molar-refractivity contribution is 0.254. The molecule has 22 heavy (non-hydrogen) atoms. The topological polar surface area (TPSA) is 23.5 Å². The second-order valence-corrected chi connectivity index (χ2v) is 5.83. The molecule has 0 saturated heterocycles. The molecule has 0 radical (unpaired) electrons. The van der Waals surface area contributed by atoms with Crippen LogP contribution in [0.1, 0.15) is 24.1 Å². The Hall–Kier alpha value is -2.32. The Morgan fingerprint density at radius 3 is 2.36 bits per heavy atom. The standard InChI is InChI=1S/C20H21NO/c1-15(21(2)14-16-10-12-18(22)13-11-16)19-9-5-7-17-6-3-4-8-20(17)19/h3-13,15,22H,14H2,1-2H3/t15-/m0/s1. The molecule has 1 N–H and O–H groups in total. The van der Waals surface area contributed by atoms with E-state index in [1.807, 2.05) is 12.1 Å². The van der Waals surface area contributed by atoms with Crippen molar-refractivity contribution in [1.29, 1.82) is 0 Å². The van der Waals surface area contributed by atoms with Crippen molar-refractivity contribution in [2.75, 3.05) is 7.05 Å². The predicted molar refractivity (Wildman–Crippen MR) is 91.9 cm³/mol. The van der Waals surface area contributed by atoms with Gasteiger partial charge >= 0.3 is 0 Å². The Morgan fingerprint density at radius 2 is 1.59 bits per heavy atom. The number of phenolic OH excluding ortho intramolecular Hbond substituents is 1. The lowest BCUT2D eigenvalue weighted by atomic mass is 9.98. The zero-order valence-electron chi connectivity index (χ0n) is 13.0. The molecule has 0 spiro atoms. The minimum Gasteiger partial charge on any atom is -0.508 e. The molecule has 2 nitrogen and oxygen atoms in total. The van der Waals surface area contributed by atoms with E-state index in [4.69, 9.17) is 0 Å². The molecule has 0 unspecified atom stereocenters. The van der Waals surface area contributed by atoms with Crippen molar-refractivity contribution >= 4 is 10.8 Å². The van der Waals surface area contributed by atoms with E-state index in [9.17, 15) is 5.11 Å². The van der Waals surface area contributed by atoms with E-state index < -0.39 is 0 Å². The normalized spacial score (nSPS) is 12.7. The first-order valence-electron chi connectivity index (χ1n) is 7.61. The fourth-order valence-electron chi connectivity index (χ4n) is 2.88. The summed E-state index contributed by atoms with van der Waals surface area (Å²) in [5, 5.41) is 12.0. The van der Waals surface area contributed by atoms with Crippen molar-refractivity contribution < 1.29 is 5.11 Å². The number of rotatable bonds is 4. The summed E-state index contributed by atoms with van der Waals surface area (Å²) < 4.78 is 0. The Bertz CT molecular complexity index is 759. The van der Waals surface area contributed by atoms with Crippen LogP contribution in [0.4, 0.5) is 0 Å². The van der Waals surface area contributed by atoms with Gasteiger partial charge in [-0.2, -0.15) is 0 Å². The van der Waals surface area contributed by atoms with Crippen LogP contribution in [0.3, 0.4) is 0 Å². The summed E-state index contributed by atoms with van der Waals surface area (Å²) in [6, 6.07) is 22.8. The first-order chi connectivity index (χ1) is 10.6. The molecule has 0 aliphatic rings. The molecular formula is C20H21NO. The minimum atomic E-state index is 0.313. The van der Waals surface area contributed by atoms with Gasteiger partial charge in [-0.05, 0) is 48.0 Å². The van der Waals surface area contributed by atoms with Gasteiger partial charge in [0.15, 0.2) is 0 Å². The molecule has 0 aromatic heterocycles. The third-order valence-electron chi connectivity index (χ3n) is 4.30. The van der Waals surface area contributed by atoms with E-state index in [0.717, 1.165) is 6.54 Å². The van der Waals surface area contributed by atoms with Crippen molar-refractivity contribution in [3.63, 3.8) is 0 Å². The van der Waals surface area contributed by atoms with Gasteiger partial charge in [-0.25, -0.2) is 0 Å². The van der Waals surface area contributed by atoms with E-state index in [-0.39, 0.29) is 0 Å². The number of fused-ring (bicyclic) bond motifs is 1. The van der Waals surface area contributed by atoms with Crippen LogP contribution in [0.2, 0.25) is 0 Å². The summed E-state index contributed by atoms with van der Waals surface area (Å²) in [4.78, 5) is 2.33. The molecule has 112 valence electrons. The summed E-state index contributed by atoms with van der Waals surface area (Å²) in [6.07, 6.45) is 0. The lowest BCUT2D eigenvalue weighted by Crippen LogP contribution is -2.22. The first kappa shape index (κ1) is 14.6. The number of nitrogens with zero attached hydrogens (tertiary/aromatic N) is 1. The van der Waals surface area contributed by atoms with E-state index in [1.165, 1.54) is 21.9 Å². The zero-order valence-corrected chi connectivity index (χ0v) is 13.0. The van der Waals surface area contributed by atoms with Crippen LogP contribution in [0.25, 0.3) is 10.8 Å². The summed E-state index contributed by atoms with van der Waals surface area (Å²) in [7, 11) is 2.14. The number of hydrogen-bond acceptors (Lipinski definition) is 2. The Balaban J connectivity index is 1.85. The Labute approximate surface area is 131 Å². The second kappa shape index (κ2) is 6.20. The molecule has 0 amide bonds. The van der Waals surface area contributed by atoms with Gasteiger partial charge in [-0.15, -0.1) is 0 Å². The molecule has 0 bridgehead atoms.